The summed E-state index contributed by atoms with van der Waals surface area (Å²) < 4.78 is 0. The molecule has 0 spiro atoms. The third-order valence-electron chi connectivity index (χ3n) is 3.27. The molecule has 18 heavy (non-hydrogen) atoms. The van der Waals surface area contributed by atoms with Gasteiger partial charge in [0.05, 0.1) is 5.56 Å². The number of carboxylic acids is 1. The van der Waals surface area contributed by atoms with Crippen LogP contribution in [0.15, 0.2) is 12.1 Å². The highest BCUT2D eigenvalue weighted by Crippen LogP contribution is 2.16. The van der Waals surface area contributed by atoms with Gasteiger partial charge in [0.2, 0.25) is 0 Å². The van der Waals surface area contributed by atoms with Gasteiger partial charge in [-0.05, 0) is 52.0 Å². The fourth-order valence-electron chi connectivity index (χ4n) is 2.23. The fourth-order valence-corrected chi connectivity index (χ4v) is 2.23. The fraction of sp³-hybridized carbons (Fsp3) is 0.538. The minimum absolute atomic E-state index is 0.290. The number of nitrogens with one attached hydrogen (secondary N) is 1. The SMILES string of the molecule is Cc1cc(C(=O)O)cc(NC2CCN(C)CC2)n1. The van der Waals surface area contributed by atoms with Crippen LogP contribution >= 0.6 is 0 Å². The topological polar surface area (TPSA) is 65.5 Å². The van der Waals surface area contributed by atoms with E-state index >= 15 is 0 Å². The molecule has 0 bridgehead atoms. The van der Waals surface area contributed by atoms with Crippen molar-refractivity contribution in [1.82, 2.24) is 9.88 Å². The highest BCUT2D eigenvalue weighted by atomic mass is 16.4. The Kier molecular flexibility index (Phi) is 3.81. The molecule has 2 heterocycles. The molecule has 0 atom stereocenters. The van der Waals surface area contributed by atoms with E-state index in [2.05, 4.69) is 22.2 Å². The summed E-state index contributed by atoms with van der Waals surface area (Å²) >= 11 is 0. The van der Waals surface area contributed by atoms with Gasteiger partial charge in [-0.25, -0.2) is 9.78 Å². The highest BCUT2D eigenvalue weighted by Gasteiger charge is 2.17. The predicted molar refractivity (Wildman–Crippen MR) is 70.1 cm³/mol. The smallest absolute Gasteiger partial charge is 0.335 e. The number of likely N-dealkylation sites (tertiary alicyclic amines) is 1. The van der Waals surface area contributed by atoms with E-state index in [1.165, 1.54) is 0 Å². The molecule has 5 heteroatoms. The number of nitrogens with zero attached hydrogens (tertiary/aromatic N) is 2. The lowest BCUT2D eigenvalue weighted by atomic mass is 10.1. The molecule has 1 aromatic rings. The molecule has 1 saturated heterocycles. The average Bonchev–Trinajstić information content (AvgIpc) is 2.31. The van der Waals surface area contributed by atoms with Crippen LogP contribution in [0.1, 0.15) is 28.9 Å². The van der Waals surface area contributed by atoms with Crippen LogP contribution in [0.25, 0.3) is 0 Å². The zero-order chi connectivity index (χ0) is 13.1. The number of aromatic carboxylic acids is 1. The maximum Gasteiger partial charge on any atom is 0.335 e. The Morgan fingerprint density at radius 2 is 2.11 bits per heavy atom. The van der Waals surface area contributed by atoms with Crippen molar-refractivity contribution in [1.29, 1.82) is 0 Å². The maximum absolute atomic E-state index is 11.0. The van der Waals surface area contributed by atoms with Crippen LogP contribution in [0.4, 0.5) is 5.82 Å². The monoisotopic (exact) mass is 249 g/mol. The summed E-state index contributed by atoms with van der Waals surface area (Å²) in [4.78, 5) is 17.6. The Hall–Kier alpha value is -1.62. The van der Waals surface area contributed by atoms with Gasteiger partial charge in [0.1, 0.15) is 5.82 Å². The Labute approximate surface area is 107 Å². The van der Waals surface area contributed by atoms with Crippen molar-refractivity contribution in [3.8, 4) is 0 Å². The number of piperidine rings is 1. The second-order valence-electron chi connectivity index (χ2n) is 4.91. The van der Waals surface area contributed by atoms with Gasteiger partial charge >= 0.3 is 5.97 Å². The Balaban J connectivity index is 2.07. The van der Waals surface area contributed by atoms with Crippen LogP contribution in [-0.4, -0.2) is 47.1 Å². The zero-order valence-electron chi connectivity index (χ0n) is 10.8. The molecular formula is C13H19N3O2. The molecular weight excluding hydrogens is 230 g/mol. The first-order chi connectivity index (χ1) is 8.54. The van der Waals surface area contributed by atoms with E-state index in [1.807, 2.05) is 6.92 Å². The summed E-state index contributed by atoms with van der Waals surface area (Å²) in [6.07, 6.45) is 2.13. The molecule has 0 unspecified atom stereocenters. The van der Waals surface area contributed by atoms with Crippen LogP contribution < -0.4 is 5.32 Å². The van der Waals surface area contributed by atoms with E-state index in [0.717, 1.165) is 31.6 Å². The van der Waals surface area contributed by atoms with E-state index in [-0.39, 0.29) is 5.56 Å². The second-order valence-corrected chi connectivity index (χ2v) is 4.91. The summed E-state index contributed by atoms with van der Waals surface area (Å²) in [5.74, 6) is -0.242. The molecule has 0 amide bonds. The van der Waals surface area contributed by atoms with Gasteiger partial charge in [0.15, 0.2) is 0 Å². The summed E-state index contributed by atoms with van der Waals surface area (Å²) in [5.41, 5.74) is 1.02. The summed E-state index contributed by atoms with van der Waals surface area (Å²) in [6.45, 7) is 3.94. The first kappa shape index (κ1) is 12.8. The summed E-state index contributed by atoms with van der Waals surface area (Å²) in [7, 11) is 2.11. The Bertz CT molecular complexity index is 440. The van der Waals surface area contributed by atoms with Gasteiger partial charge in [-0.3, -0.25) is 0 Å². The van der Waals surface area contributed by atoms with Gasteiger partial charge < -0.3 is 15.3 Å². The molecule has 0 aliphatic carbocycles. The molecule has 1 aromatic heterocycles. The standard InChI is InChI=1S/C13H19N3O2/c1-9-7-10(13(17)18)8-12(14-9)15-11-3-5-16(2)6-4-11/h7-8,11H,3-6H2,1-2H3,(H,14,15)(H,17,18). The molecule has 1 fully saturated rings. The Morgan fingerprint density at radius 1 is 1.44 bits per heavy atom. The van der Waals surface area contributed by atoms with Crippen molar-refractivity contribution in [2.75, 3.05) is 25.5 Å². The van der Waals surface area contributed by atoms with E-state index in [9.17, 15) is 4.79 Å². The molecule has 0 radical (unpaired) electrons. The number of pyridine rings is 1. The maximum atomic E-state index is 11.0. The number of carbonyl (C=O) groups is 1. The largest absolute Gasteiger partial charge is 0.478 e. The van der Waals surface area contributed by atoms with Gasteiger partial charge in [0, 0.05) is 11.7 Å². The lowest BCUT2D eigenvalue weighted by Crippen LogP contribution is -2.36. The highest BCUT2D eigenvalue weighted by molar-refractivity contribution is 5.88. The van der Waals surface area contributed by atoms with Crippen molar-refractivity contribution < 1.29 is 9.90 Å². The van der Waals surface area contributed by atoms with E-state index in [0.29, 0.717) is 11.9 Å². The van der Waals surface area contributed by atoms with Crippen LogP contribution in [-0.2, 0) is 0 Å². The van der Waals surface area contributed by atoms with Crippen molar-refractivity contribution >= 4 is 11.8 Å². The Morgan fingerprint density at radius 3 is 2.72 bits per heavy atom. The van der Waals surface area contributed by atoms with Gasteiger partial charge in [0.25, 0.3) is 0 Å². The molecule has 2 rings (SSSR count). The second kappa shape index (κ2) is 5.35. The number of rotatable bonds is 3. The lowest BCUT2D eigenvalue weighted by Gasteiger charge is -2.29. The van der Waals surface area contributed by atoms with Crippen LogP contribution in [0, 0.1) is 6.92 Å². The minimum atomic E-state index is -0.910. The first-order valence-electron chi connectivity index (χ1n) is 6.21. The molecule has 5 nitrogen and oxygen atoms in total. The number of hydrogen-bond acceptors (Lipinski definition) is 4. The third-order valence-corrected chi connectivity index (χ3v) is 3.27. The van der Waals surface area contributed by atoms with Crippen molar-refractivity contribution in [2.45, 2.75) is 25.8 Å². The number of aryl methyl sites for hydroxylation is 1. The predicted octanol–water partition coefficient (Wildman–Crippen LogP) is 1.59. The summed E-state index contributed by atoms with van der Waals surface area (Å²) in [5, 5.41) is 12.3. The molecule has 1 aliphatic heterocycles. The van der Waals surface area contributed by atoms with Crippen molar-refractivity contribution in [2.24, 2.45) is 0 Å². The van der Waals surface area contributed by atoms with Crippen molar-refractivity contribution in [3.05, 3.63) is 23.4 Å². The van der Waals surface area contributed by atoms with Crippen LogP contribution in [0.5, 0.6) is 0 Å². The number of anilines is 1. The zero-order valence-corrected chi connectivity index (χ0v) is 10.8. The van der Waals surface area contributed by atoms with E-state index < -0.39 is 5.97 Å². The molecule has 1 aliphatic rings. The quantitative estimate of drug-likeness (QED) is 0.851. The van der Waals surface area contributed by atoms with Crippen LogP contribution in [0.2, 0.25) is 0 Å². The number of carboxylic acid groups (broad SMARTS) is 1. The molecule has 0 saturated carbocycles. The van der Waals surface area contributed by atoms with Gasteiger partial charge in [-0.15, -0.1) is 0 Å². The molecule has 2 N–H and O–H groups in total. The first-order valence-corrected chi connectivity index (χ1v) is 6.21. The summed E-state index contributed by atoms with van der Waals surface area (Å²) in [6, 6.07) is 3.58. The van der Waals surface area contributed by atoms with Gasteiger partial charge in [-0.1, -0.05) is 0 Å². The van der Waals surface area contributed by atoms with Crippen molar-refractivity contribution in [3.63, 3.8) is 0 Å². The lowest BCUT2D eigenvalue weighted by molar-refractivity contribution is 0.0696. The third kappa shape index (κ3) is 3.20. The minimum Gasteiger partial charge on any atom is -0.478 e. The molecule has 98 valence electrons. The number of aromatic nitrogens is 1. The van der Waals surface area contributed by atoms with Crippen LogP contribution in [0.3, 0.4) is 0 Å². The van der Waals surface area contributed by atoms with E-state index in [4.69, 9.17) is 5.11 Å². The van der Waals surface area contributed by atoms with E-state index in [1.54, 1.807) is 12.1 Å². The van der Waals surface area contributed by atoms with Gasteiger partial charge in [-0.2, -0.15) is 0 Å². The normalized spacial score (nSPS) is 17.7. The average molecular weight is 249 g/mol. The molecule has 0 aromatic carbocycles. The number of hydrogen-bond donors (Lipinski definition) is 2.